The largest absolute Gasteiger partial charge is 0.377 e. The molecule has 1 unspecified atom stereocenters. The van der Waals surface area contributed by atoms with Gasteiger partial charge in [0.2, 0.25) is 6.41 Å². The lowest BCUT2D eigenvalue weighted by atomic mass is 10.0. The highest BCUT2D eigenvalue weighted by Crippen LogP contribution is 2.36. The minimum Gasteiger partial charge on any atom is -0.377 e. The lowest BCUT2D eigenvalue weighted by Gasteiger charge is -2.25. The number of amides is 1. The monoisotopic (exact) mass is 710 g/mol. The number of carbonyl (C=O) groups is 1. The van der Waals surface area contributed by atoms with Gasteiger partial charge in [-0.05, 0) is 72.8 Å². The Morgan fingerprint density at radius 3 is 2.55 bits per heavy atom. The number of hydrogen-bond donors (Lipinski definition) is 4. The minimum atomic E-state index is -2.80. The summed E-state index contributed by atoms with van der Waals surface area (Å²) in [7, 11) is 0. The van der Waals surface area contributed by atoms with Crippen LogP contribution < -0.4 is 20.9 Å². The SMILES string of the molecule is N=C(NSC1CC1)c1c(Cl)ccc(-n2c(C(Cc3cc(F)cc(F)c3)NC=O)nc3cc(Br)ccc3c2=O)c1NCC(F)F. The molecule has 0 bridgehead atoms. The Bertz CT molecular complexity index is 1790. The molecule has 1 fully saturated rings. The van der Waals surface area contributed by atoms with Gasteiger partial charge in [0, 0.05) is 22.2 Å². The third kappa shape index (κ3) is 7.19. The van der Waals surface area contributed by atoms with Crippen LogP contribution in [0.4, 0.5) is 23.2 Å². The summed E-state index contributed by atoms with van der Waals surface area (Å²) >= 11 is 11.2. The average molecular weight is 712 g/mol. The summed E-state index contributed by atoms with van der Waals surface area (Å²) in [5.74, 6) is -1.91. The number of fused-ring (bicyclic) bond motifs is 1. The molecule has 1 aliphatic carbocycles. The van der Waals surface area contributed by atoms with Crippen LogP contribution in [0.25, 0.3) is 16.6 Å². The Balaban J connectivity index is 1.76. The third-order valence-corrected chi connectivity index (χ3v) is 8.64. The first-order valence-electron chi connectivity index (χ1n) is 13.3. The van der Waals surface area contributed by atoms with Gasteiger partial charge in [0.15, 0.2) is 0 Å². The van der Waals surface area contributed by atoms with Crippen LogP contribution >= 0.6 is 39.5 Å². The predicted molar refractivity (Wildman–Crippen MR) is 167 cm³/mol. The molecule has 1 aliphatic rings. The maximum absolute atomic E-state index is 14.2. The van der Waals surface area contributed by atoms with Crippen molar-refractivity contribution in [2.24, 2.45) is 0 Å². The fraction of sp³-hybridized carbons (Fsp3) is 0.241. The van der Waals surface area contributed by atoms with E-state index in [9.17, 15) is 27.2 Å². The van der Waals surface area contributed by atoms with Crippen molar-refractivity contribution in [2.75, 3.05) is 11.9 Å². The molecule has 3 aromatic carbocycles. The summed E-state index contributed by atoms with van der Waals surface area (Å²) < 4.78 is 59.9. The highest BCUT2D eigenvalue weighted by molar-refractivity contribution is 9.10. The standard InChI is InChI=1S/C29H24BrClF4N6O2S/c30-15-1-4-19-21(10-15)39-28(22(38-13-42)9-14-7-16(32)11-17(33)8-14)41(29(19)43)23-6-5-20(31)25(26(23)37-12-24(34)35)27(36)40-44-18-2-3-18/h1,4-8,10-11,13,18,22,24,37H,2-3,9,12H2,(H2,36,40)(H,38,42). The molecule has 230 valence electrons. The number of amidine groups is 1. The number of rotatable bonds is 12. The zero-order valence-corrected chi connectivity index (χ0v) is 25.8. The van der Waals surface area contributed by atoms with Crippen molar-refractivity contribution in [3.05, 3.63) is 97.0 Å². The fourth-order valence-electron chi connectivity index (χ4n) is 4.65. The van der Waals surface area contributed by atoms with E-state index in [0.29, 0.717) is 22.2 Å². The van der Waals surface area contributed by atoms with Gasteiger partial charge in [-0.1, -0.05) is 27.5 Å². The van der Waals surface area contributed by atoms with E-state index in [1.807, 2.05) is 0 Å². The van der Waals surface area contributed by atoms with Crippen LogP contribution in [-0.4, -0.2) is 40.0 Å². The molecule has 4 aromatic rings. The number of anilines is 1. The quantitative estimate of drug-likeness (QED) is 0.0439. The average Bonchev–Trinajstić information content (AvgIpc) is 3.79. The molecule has 4 N–H and O–H groups in total. The molecule has 0 aliphatic heterocycles. The van der Waals surface area contributed by atoms with Crippen LogP contribution in [0.1, 0.15) is 35.8 Å². The van der Waals surface area contributed by atoms with E-state index < -0.39 is 36.2 Å². The second-order valence-electron chi connectivity index (χ2n) is 9.97. The summed E-state index contributed by atoms with van der Waals surface area (Å²) in [5, 5.41) is 14.4. The van der Waals surface area contributed by atoms with Crippen molar-refractivity contribution >= 4 is 68.3 Å². The molecule has 0 spiro atoms. The van der Waals surface area contributed by atoms with Crippen molar-refractivity contribution in [3.63, 3.8) is 0 Å². The normalized spacial score (nSPS) is 13.6. The van der Waals surface area contributed by atoms with Crippen molar-refractivity contribution < 1.29 is 22.4 Å². The lowest BCUT2D eigenvalue weighted by molar-refractivity contribution is -0.110. The van der Waals surface area contributed by atoms with Gasteiger partial charge in [0.05, 0.1) is 45.5 Å². The minimum absolute atomic E-state index is 0.0217. The second-order valence-corrected chi connectivity index (χ2v) is 12.4. The van der Waals surface area contributed by atoms with Crippen molar-refractivity contribution in [2.45, 2.75) is 37.0 Å². The molecule has 1 aromatic heterocycles. The number of halogens is 6. The van der Waals surface area contributed by atoms with Crippen LogP contribution in [0.2, 0.25) is 5.02 Å². The zero-order chi connectivity index (χ0) is 31.5. The molecule has 1 heterocycles. The molecular formula is C29H24BrClF4N6O2S. The van der Waals surface area contributed by atoms with Gasteiger partial charge >= 0.3 is 0 Å². The molecule has 0 radical (unpaired) electrons. The Labute approximate surface area is 266 Å². The summed E-state index contributed by atoms with van der Waals surface area (Å²) in [6.45, 7) is -0.833. The molecule has 44 heavy (non-hydrogen) atoms. The number of nitrogens with zero attached hydrogens (tertiary/aromatic N) is 2. The highest BCUT2D eigenvalue weighted by Gasteiger charge is 2.28. The molecule has 8 nitrogen and oxygen atoms in total. The highest BCUT2D eigenvalue weighted by atomic mass is 79.9. The number of aromatic nitrogens is 2. The van der Waals surface area contributed by atoms with Crippen LogP contribution in [0.5, 0.6) is 0 Å². The number of carbonyl (C=O) groups excluding carboxylic acids is 1. The van der Waals surface area contributed by atoms with E-state index in [1.54, 1.807) is 12.1 Å². The Morgan fingerprint density at radius 1 is 1.16 bits per heavy atom. The topological polar surface area (TPSA) is 112 Å². The Morgan fingerprint density at radius 2 is 1.89 bits per heavy atom. The Hall–Kier alpha value is -3.62. The van der Waals surface area contributed by atoms with Gasteiger partial charge < -0.3 is 15.4 Å². The summed E-state index contributed by atoms with van der Waals surface area (Å²) in [4.78, 5) is 30.7. The fourth-order valence-corrected chi connectivity index (χ4v) is 6.01. The number of nitrogens with one attached hydrogen (secondary N) is 4. The van der Waals surface area contributed by atoms with Crippen LogP contribution in [0, 0.1) is 17.0 Å². The molecule has 0 saturated heterocycles. The smallest absolute Gasteiger partial charge is 0.266 e. The van der Waals surface area contributed by atoms with E-state index in [1.165, 1.54) is 30.1 Å². The van der Waals surface area contributed by atoms with Gasteiger partial charge in [-0.25, -0.2) is 22.5 Å². The van der Waals surface area contributed by atoms with Gasteiger partial charge in [0.1, 0.15) is 23.3 Å². The zero-order valence-electron chi connectivity index (χ0n) is 22.6. The Kier molecular flexibility index (Phi) is 9.81. The van der Waals surface area contributed by atoms with Crippen molar-refractivity contribution in [1.29, 1.82) is 5.41 Å². The first-order chi connectivity index (χ1) is 21.0. The first-order valence-corrected chi connectivity index (χ1v) is 15.3. The van der Waals surface area contributed by atoms with Crippen LogP contribution in [0.3, 0.4) is 0 Å². The maximum atomic E-state index is 14.2. The van der Waals surface area contributed by atoms with E-state index in [0.717, 1.165) is 29.5 Å². The molecular weight excluding hydrogens is 688 g/mol. The summed E-state index contributed by atoms with van der Waals surface area (Å²) in [6, 6.07) is 9.34. The maximum Gasteiger partial charge on any atom is 0.266 e. The second kappa shape index (κ2) is 13.6. The van der Waals surface area contributed by atoms with Crippen molar-refractivity contribution in [1.82, 2.24) is 19.6 Å². The molecule has 15 heteroatoms. The van der Waals surface area contributed by atoms with E-state index in [-0.39, 0.29) is 56.5 Å². The van der Waals surface area contributed by atoms with Crippen molar-refractivity contribution in [3.8, 4) is 5.69 Å². The number of alkyl halides is 2. The molecule has 1 saturated carbocycles. The van der Waals surface area contributed by atoms with Gasteiger partial charge in [-0.3, -0.25) is 19.6 Å². The van der Waals surface area contributed by atoms with Gasteiger partial charge in [0.25, 0.3) is 12.0 Å². The summed E-state index contributed by atoms with van der Waals surface area (Å²) in [6.07, 6.45) is -0.691. The van der Waals surface area contributed by atoms with Gasteiger partial charge in [-0.15, -0.1) is 0 Å². The number of benzene rings is 3. The molecule has 5 rings (SSSR count). The summed E-state index contributed by atoms with van der Waals surface area (Å²) in [5.41, 5.74) is -0.207. The van der Waals surface area contributed by atoms with Crippen LogP contribution in [0.15, 0.2) is 57.8 Å². The first kappa shape index (κ1) is 31.8. The molecule has 1 atom stereocenters. The van der Waals surface area contributed by atoms with E-state index in [4.69, 9.17) is 17.0 Å². The lowest BCUT2D eigenvalue weighted by Crippen LogP contribution is -2.33. The van der Waals surface area contributed by atoms with Gasteiger partial charge in [-0.2, -0.15) is 0 Å². The van der Waals surface area contributed by atoms with E-state index >= 15 is 0 Å². The van der Waals surface area contributed by atoms with E-state index in [2.05, 4.69) is 36.3 Å². The predicted octanol–water partition coefficient (Wildman–Crippen LogP) is 6.51. The number of hydrogen-bond acceptors (Lipinski definition) is 6. The third-order valence-electron chi connectivity index (χ3n) is 6.71. The molecule has 1 amide bonds. The van der Waals surface area contributed by atoms with Crippen LogP contribution in [-0.2, 0) is 11.2 Å².